The third-order valence-corrected chi connectivity index (χ3v) is 2.37. The van der Waals surface area contributed by atoms with Gasteiger partial charge in [0.2, 0.25) is 11.8 Å². The lowest BCUT2D eigenvalue weighted by Gasteiger charge is -2.26. The molecule has 1 aliphatic heterocycles. The van der Waals surface area contributed by atoms with Crippen LogP contribution >= 0.6 is 11.6 Å². The molecule has 0 aliphatic carbocycles. The Bertz CT molecular complexity index is 496. The van der Waals surface area contributed by atoms with Crippen molar-refractivity contribution in [2.24, 2.45) is 0 Å². The number of halogens is 1. The van der Waals surface area contributed by atoms with Crippen LogP contribution in [-0.2, 0) is 9.59 Å². The second-order valence-corrected chi connectivity index (χ2v) is 3.57. The van der Waals surface area contributed by atoms with Crippen molar-refractivity contribution in [3.8, 4) is 0 Å². The molecule has 1 aliphatic rings. The summed E-state index contributed by atoms with van der Waals surface area (Å²) in [6, 6.07) is 0. The summed E-state index contributed by atoms with van der Waals surface area (Å²) in [6.45, 7) is -0.107. The molecule has 0 saturated carbocycles. The molecule has 2 N–H and O–H groups in total. The Kier molecular flexibility index (Phi) is 2.61. The summed E-state index contributed by atoms with van der Waals surface area (Å²) >= 11 is 5.73. The van der Waals surface area contributed by atoms with E-state index in [1.165, 1.54) is 11.2 Å². The SMILES string of the molecule is O=C1CN(c2nc[nH]c(=O)c2Cl)CC(=O)N1. The van der Waals surface area contributed by atoms with Gasteiger partial charge in [-0.2, -0.15) is 0 Å². The fraction of sp³-hybridized carbons (Fsp3) is 0.250. The maximum atomic E-state index is 11.2. The lowest BCUT2D eigenvalue weighted by Crippen LogP contribution is -2.52. The monoisotopic (exact) mass is 242 g/mol. The number of carbonyl (C=O) groups excluding carboxylic acids is 2. The van der Waals surface area contributed by atoms with Crippen molar-refractivity contribution in [2.75, 3.05) is 18.0 Å². The van der Waals surface area contributed by atoms with E-state index in [0.29, 0.717) is 0 Å². The number of aromatic amines is 1. The first-order valence-electron chi connectivity index (χ1n) is 4.39. The fourth-order valence-corrected chi connectivity index (χ4v) is 1.60. The van der Waals surface area contributed by atoms with Crippen LogP contribution in [0.5, 0.6) is 0 Å². The Labute approximate surface area is 94.4 Å². The molecular formula is C8H7ClN4O3. The number of piperazine rings is 1. The zero-order valence-electron chi connectivity index (χ0n) is 7.99. The highest BCUT2D eigenvalue weighted by Crippen LogP contribution is 2.18. The quantitative estimate of drug-likeness (QED) is 0.609. The average Bonchev–Trinajstić information content (AvgIpc) is 2.20. The number of rotatable bonds is 1. The molecule has 8 heteroatoms. The van der Waals surface area contributed by atoms with E-state index in [1.807, 2.05) is 0 Å². The minimum Gasteiger partial charge on any atom is -0.337 e. The Balaban J connectivity index is 2.37. The van der Waals surface area contributed by atoms with Crippen molar-refractivity contribution in [3.63, 3.8) is 0 Å². The summed E-state index contributed by atoms with van der Waals surface area (Å²) in [5.41, 5.74) is -0.509. The van der Waals surface area contributed by atoms with Crippen molar-refractivity contribution >= 4 is 29.2 Å². The number of amides is 2. The minimum atomic E-state index is -0.509. The zero-order valence-corrected chi connectivity index (χ0v) is 8.74. The van der Waals surface area contributed by atoms with Crippen LogP contribution < -0.4 is 15.8 Å². The molecule has 1 aromatic rings. The van der Waals surface area contributed by atoms with Crippen molar-refractivity contribution in [2.45, 2.75) is 0 Å². The van der Waals surface area contributed by atoms with Crippen molar-refractivity contribution in [3.05, 3.63) is 21.7 Å². The van der Waals surface area contributed by atoms with Crippen LogP contribution in [0.2, 0.25) is 5.02 Å². The summed E-state index contributed by atoms with van der Waals surface area (Å²) < 4.78 is 0. The second kappa shape index (κ2) is 3.93. The number of aromatic nitrogens is 2. The first-order valence-corrected chi connectivity index (χ1v) is 4.76. The van der Waals surface area contributed by atoms with Crippen LogP contribution in [-0.4, -0.2) is 34.9 Å². The lowest BCUT2D eigenvalue weighted by molar-refractivity contribution is -0.130. The smallest absolute Gasteiger partial charge is 0.271 e. The predicted molar refractivity (Wildman–Crippen MR) is 55.2 cm³/mol. The summed E-state index contributed by atoms with van der Waals surface area (Å²) in [7, 11) is 0. The molecule has 7 nitrogen and oxygen atoms in total. The fourth-order valence-electron chi connectivity index (χ4n) is 1.38. The lowest BCUT2D eigenvalue weighted by atomic mass is 10.3. The van der Waals surface area contributed by atoms with Gasteiger partial charge in [-0.25, -0.2) is 4.98 Å². The van der Waals surface area contributed by atoms with Gasteiger partial charge in [0.05, 0.1) is 19.4 Å². The third kappa shape index (κ3) is 1.89. The molecule has 0 atom stereocenters. The summed E-state index contributed by atoms with van der Waals surface area (Å²) in [4.78, 5) is 40.9. The Morgan fingerprint density at radius 1 is 1.25 bits per heavy atom. The van der Waals surface area contributed by atoms with Gasteiger partial charge in [0.1, 0.15) is 5.02 Å². The summed E-state index contributed by atoms with van der Waals surface area (Å²) in [5, 5.41) is 2.00. The third-order valence-electron chi connectivity index (χ3n) is 2.03. The molecule has 0 spiro atoms. The highest BCUT2D eigenvalue weighted by atomic mass is 35.5. The first-order chi connectivity index (χ1) is 7.58. The van der Waals surface area contributed by atoms with Gasteiger partial charge in [0.15, 0.2) is 5.82 Å². The molecule has 2 rings (SSSR count). The molecule has 1 fully saturated rings. The topological polar surface area (TPSA) is 95.2 Å². The van der Waals surface area contributed by atoms with Gasteiger partial charge in [0, 0.05) is 0 Å². The first kappa shape index (κ1) is 10.6. The standard InChI is InChI=1S/C8H7ClN4O3/c9-6-7(10-3-11-8(6)16)13-1-4(14)12-5(15)2-13/h3H,1-2H2,(H,10,11,16)(H,12,14,15). The van der Waals surface area contributed by atoms with Crippen molar-refractivity contribution < 1.29 is 9.59 Å². The Hall–Kier alpha value is -1.89. The number of nitrogens with zero attached hydrogens (tertiary/aromatic N) is 2. The number of H-pyrrole nitrogens is 1. The van der Waals surface area contributed by atoms with E-state index in [1.54, 1.807) is 0 Å². The van der Waals surface area contributed by atoms with E-state index in [-0.39, 0.29) is 23.9 Å². The van der Waals surface area contributed by atoms with Gasteiger partial charge in [-0.05, 0) is 0 Å². The van der Waals surface area contributed by atoms with Crippen LogP contribution in [0.25, 0.3) is 0 Å². The molecule has 1 saturated heterocycles. The van der Waals surface area contributed by atoms with Gasteiger partial charge < -0.3 is 9.88 Å². The van der Waals surface area contributed by atoms with Gasteiger partial charge in [-0.15, -0.1) is 0 Å². The van der Waals surface area contributed by atoms with E-state index in [9.17, 15) is 14.4 Å². The number of anilines is 1. The van der Waals surface area contributed by atoms with Gasteiger partial charge >= 0.3 is 0 Å². The molecule has 0 aromatic carbocycles. The largest absolute Gasteiger partial charge is 0.337 e. The molecular weight excluding hydrogens is 236 g/mol. The van der Waals surface area contributed by atoms with E-state index < -0.39 is 17.4 Å². The van der Waals surface area contributed by atoms with Crippen LogP contribution in [0.4, 0.5) is 5.82 Å². The number of hydrogen-bond donors (Lipinski definition) is 2. The highest BCUT2D eigenvalue weighted by molar-refractivity contribution is 6.32. The van der Waals surface area contributed by atoms with E-state index in [4.69, 9.17) is 11.6 Å². The second-order valence-electron chi connectivity index (χ2n) is 3.20. The van der Waals surface area contributed by atoms with E-state index >= 15 is 0 Å². The minimum absolute atomic E-state index is 0.0537. The maximum Gasteiger partial charge on any atom is 0.271 e. The maximum absolute atomic E-state index is 11.2. The van der Waals surface area contributed by atoms with Crippen molar-refractivity contribution in [1.29, 1.82) is 0 Å². The van der Waals surface area contributed by atoms with Gasteiger partial charge in [-0.1, -0.05) is 11.6 Å². The molecule has 2 heterocycles. The Morgan fingerprint density at radius 2 is 1.88 bits per heavy atom. The van der Waals surface area contributed by atoms with Gasteiger partial charge in [-0.3, -0.25) is 19.7 Å². The predicted octanol–water partition coefficient (Wildman–Crippen LogP) is -1.11. The number of hydrogen-bond acceptors (Lipinski definition) is 5. The average molecular weight is 243 g/mol. The molecule has 1 aromatic heterocycles. The number of nitrogens with one attached hydrogen (secondary N) is 2. The molecule has 84 valence electrons. The highest BCUT2D eigenvalue weighted by Gasteiger charge is 2.25. The van der Waals surface area contributed by atoms with Crippen LogP contribution in [0.3, 0.4) is 0 Å². The zero-order chi connectivity index (χ0) is 11.7. The van der Waals surface area contributed by atoms with Crippen LogP contribution in [0.1, 0.15) is 0 Å². The summed E-state index contributed by atoms with van der Waals surface area (Å²) in [5.74, 6) is -0.766. The molecule has 0 unspecified atom stereocenters. The molecule has 0 bridgehead atoms. The van der Waals surface area contributed by atoms with Crippen LogP contribution in [0.15, 0.2) is 11.1 Å². The van der Waals surface area contributed by atoms with E-state index in [2.05, 4.69) is 15.3 Å². The van der Waals surface area contributed by atoms with Crippen LogP contribution in [0, 0.1) is 0 Å². The Morgan fingerprint density at radius 3 is 2.50 bits per heavy atom. The molecule has 0 radical (unpaired) electrons. The van der Waals surface area contributed by atoms with E-state index in [0.717, 1.165) is 0 Å². The molecule has 16 heavy (non-hydrogen) atoms. The van der Waals surface area contributed by atoms with Crippen molar-refractivity contribution in [1.82, 2.24) is 15.3 Å². The molecule has 2 amide bonds. The number of carbonyl (C=O) groups is 2. The normalized spacial score (nSPS) is 16.2. The number of imide groups is 1. The van der Waals surface area contributed by atoms with Gasteiger partial charge in [0.25, 0.3) is 5.56 Å². The summed E-state index contributed by atoms with van der Waals surface area (Å²) in [6.07, 6.45) is 1.17.